The van der Waals surface area contributed by atoms with Gasteiger partial charge in [-0.1, -0.05) is 78.9 Å². The molecular weight excluding hydrogens is 347 g/mol. The quantitative estimate of drug-likeness (QED) is 0.352. The van der Waals surface area contributed by atoms with Gasteiger partial charge in [0.25, 0.3) is 0 Å². The zero-order valence-corrected chi connectivity index (χ0v) is 15.1. The molecule has 0 aliphatic heterocycles. The predicted octanol–water partition coefficient (Wildman–Crippen LogP) is 7.17. The third kappa shape index (κ3) is 2.62. The molecule has 0 saturated heterocycles. The largest absolute Gasteiger partial charge is 0.507 e. The first-order chi connectivity index (χ1) is 13.7. The summed E-state index contributed by atoms with van der Waals surface area (Å²) in [6.07, 6.45) is 0. The highest BCUT2D eigenvalue weighted by Crippen LogP contribution is 2.45. The molecule has 5 aromatic carbocycles. The highest BCUT2D eigenvalue weighted by molar-refractivity contribution is 6.10. The van der Waals surface area contributed by atoms with E-state index in [2.05, 4.69) is 18.2 Å². The molecule has 28 heavy (non-hydrogen) atoms. The van der Waals surface area contributed by atoms with E-state index >= 15 is 0 Å². The van der Waals surface area contributed by atoms with E-state index in [1.807, 2.05) is 54.6 Å². The summed E-state index contributed by atoms with van der Waals surface area (Å²) in [6, 6.07) is 30.5. The number of benzene rings is 5. The molecule has 0 heterocycles. The van der Waals surface area contributed by atoms with Crippen LogP contribution in [0.2, 0.25) is 0 Å². The fourth-order valence-corrected chi connectivity index (χ4v) is 3.90. The summed E-state index contributed by atoms with van der Waals surface area (Å²) in [6.45, 7) is 0. The lowest BCUT2D eigenvalue weighted by atomic mass is 9.89. The van der Waals surface area contributed by atoms with Crippen LogP contribution in [0.5, 0.6) is 5.75 Å². The van der Waals surface area contributed by atoms with Crippen LogP contribution in [0.4, 0.5) is 4.39 Å². The minimum atomic E-state index is -0.293. The Kier molecular flexibility index (Phi) is 3.84. The fourth-order valence-electron chi connectivity index (χ4n) is 3.90. The maximum atomic E-state index is 13.4. The van der Waals surface area contributed by atoms with Crippen molar-refractivity contribution in [2.45, 2.75) is 0 Å². The van der Waals surface area contributed by atoms with Crippen molar-refractivity contribution in [3.63, 3.8) is 0 Å². The predicted molar refractivity (Wildman–Crippen MR) is 114 cm³/mol. The normalized spacial score (nSPS) is 11.2. The number of hydrogen-bond donors (Lipinski definition) is 1. The molecule has 0 radical (unpaired) electrons. The summed E-state index contributed by atoms with van der Waals surface area (Å²) in [5.74, 6) is -0.0834. The minimum Gasteiger partial charge on any atom is -0.507 e. The first-order valence-electron chi connectivity index (χ1n) is 9.21. The van der Waals surface area contributed by atoms with Crippen LogP contribution in [0, 0.1) is 5.82 Å². The van der Waals surface area contributed by atoms with Gasteiger partial charge in [0.1, 0.15) is 11.6 Å². The number of halogens is 1. The Labute approximate surface area is 162 Å². The summed E-state index contributed by atoms with van der Waals surface area (Å²) in [5, 5.41) is 15.6. The summed E-state index contributed by atoms with van der Waals surface area (Å²) in [4.78, 5) is 0. The standard InChI is InChI=1S/C26H17FO/c27-20-14-12-18(13-15-20)24-16-19-7-2-4-10-22(19)25(26(24)28)23-11-5-8-17-6-1-3-9-21(17)23/h1-16,28H. The second-order valence-corrected chi connectivity index (χ2v) is 6.90. The van der Waals surface area contributed by atoms with E-state index in [-0.39, 0.29) is 11.6 Å². The lowest BCUT2D eigenvalue weighted by Crippen LogP contribution is -1.89. The number of fused-ring (bicyclic) bond motifs is 2. The van der Waals surface area contributed by atoms with Gasteiger partial charge in [0, 0.05) is 11.1 Å². The topological polar surface area (TPSA) is 20.2 Å². The second kappa shape index (κ2) is 6.50. The number of hydrogen-bond acceptors (Lipinski definition) is 1. The number of phenols is 1. The molecular formula is C26H17FO. The van der Waals surface area contributed by atoms with E-state index in [9.17, 15) is 9.50 Å². The highest BCUT2D eigenvalue weighted by atomic mass is 19.1. The maximum Gasteiger partial charge on any atom is 0.131 e. The van der Waals surface area contributed by atoms with Gasteiger partial charge in [-0.15, -0.1) is 0 Å². The van der Waals surface area contributed by atoms with Crippen LogP contribution in [-0.4, -0.2) is 5.11 Å². The van der Waals surface area contributed by atoms with E-state index < -0.39 is 0 Å². The lowest BCUT2D eigenvalue weighted by Gasteiger charge is -2.16. The van der Waals surface area contributed by atoms with Crippen molar-refractivity contribution < 1.29 is 9.50 Å². The monoisotopic (exact) mass is 364 g/mol. The van der Waals surface area contributed by atoms with E-state index in [4.69, 9.17) is 0 Å². The van der Waals surface area contributed by atoms with Crippen molar-refractivity contribution in [2.24, 2.45) is 0 Å². The van der Waals surface area contributed by atoms with Crippen molar-refractivity contribution in [1.82, 2.24) is 0 Å². The van der Waals surface area contributed by atoms with E-state index in [1.165, 1.54) is 12.1 Å². The van der Waals surface area contributed by atoms with Crippen molar-refractivity contribution in [3.8, 4) is 28.0 Å². The molecule has 0 unspecified atom stereocenters. The third-order valence-corrected chi connectivity index (χ3v) is 5.24. The molecule has 134 valence electrons. The molecule has 0 fully saturated rings. The van der Waals surface area contributed by atoms with E-state index in [0.717, 1.165) is 38.2 Å². The lowest BCUT2D eigenvalue weighted by molar-refractivity contribution is 0.480. The van der Waals surface area contributed by atoms with Gasteiger partial charge in [0.2, 0.25) is 0 Å². The molecule has 5 aromatic rings. The Hall–Kier alpha value is -3.65. The molecule has 5 rings (SSSR count). The zero-order valence-electron chi connectivity index (χ0n) is 15.1. The summed E-state index contributed by atoms with van der Waals surface area (Å²) in [7, 11) is 0. The molecule has 0 saturated carbocycles. The van der Waals surface area contributed by atoms with Gasteiger partial charge in [0.15, 0.2) is 0 Å². The first kappa shape index (κ1) is 16.5. The Morgan fingerprint density at radius 2 is 1.21 bits per heavy atom. The number of rotatable bonds is 2. The van der Waals surface area contributed by atoms with Gasteiger partial charge >= 0.3 is 0 Å². The summed E-state index contributed by atoms with van der Waals surface area (Å²) >= 11 is 0. The molecule has 2 heteroatoms. The van der Waals surface area contributed by atoms with Crippen molar-refractivity contribution in [2.75, 3.05) is 0 Å². The SMILES string of the molecule is Oc1c(-c2ccc(F)cc2)cc2ccccc2c1-c1cccc2ccccc12. The molecule has 0 aliphatic carbocycles. The van der Waals surface area contributed by atoms with E-state index in [0.29, 0.717) is 5.56 Å². The number of phenolic OH excluding ortho intramolecular Hbond substituents is 1. The van der Waals surface area contributed by atoms with Crippen molar-refractivity contribution in [1.29, 1.82) is 0 Å². The van der Waals surface area contributed by atoms with Crippen molar-refractivity contribution in [3.05, 3.63) is 103 Å². The van der Waals surface area contributed by atoms with Gasteiger partial charge in [-0.2, -0.15) is 0 Å². The van der Waals surface area contributed by atoms with Gasteiger partial charge < -0.3 is 5.11 Å². The van der Waals surface area contributed by atoms with Crippen LogP contribution in [0.15, 0.2) is 97.1 Å². The number of aromatic hydroxyl groups is 1. The Balaban J connectivity index is 1.90. The van der Waals surface area contributed by atoms with Crippen LogP contribution >= 0.6 is 0 Å². The molecule has 0 atom stereocenters. The molecule has 0 aromatic heterocycles. The summed E-state index contributed by atoms with van der Waals surface area (Å²) in [5.41, 5.74) is 3.26. The van der Waals surface area contributed by atoms with Crippen LogP contribution in [-0.2, 0) is 0 Å². The van der Waals surface area contributed by atoms with Gasteiger partial charge in [-0.25, -0.2) is 4.39 Å². The van der Waals surface area contributed by atoms with Crippen molar-refractivity contribution >= 4 is 21.5 Å². The molecule has 0 bridgehead atoms. The summed E-state index contributed by atoms with van der Waals surface area (Å²) < 4.78 is 13.4. The Bertz CT molecular complexity index is 1310. The molecule has 0 aliphatic rings. The van der Waals surface area contributed by atoms with Gasteiger partial charge in [-0.05, 0) is 50.9 Å². The van der Waals surface area contributed by atoms with Gasteiger partial charge in [-0.3, -0.25) is 0 Å². The zero-order chi connectivity index (χ0) is 19.1. The van der Waals surface area contributed by atoms with E-state index in [1.54, 1.807) is 12.1 Å². The molecule has 0 amide bonds. The van der Waals surface area contributed by atoms with Crippen LogP contribution in [0.1, 0.15) is 0 Å². The minimum absolute atomic E-state index is 0.210. The van der Waals surface area contributed by atoms with Crippen LogP contribution in [0.3, 0.4) is 0 Å². The molecule has 1 nitrogen and oxygen atoms in total. The molecule has 0 spiro atoms. The Morgan fingerprint density at radius 1 is 0.571 bits per heavy atom. The first-order valence-corrected chi connectivity index (χ1v) is 9.21. The van der Waals surface area contributed by atoms with Gasteiger partial charge in [0.05, 0.1) is 0 Å². The highest BCUT2D eigenvalue weighted by Gasteiger charge is 2.17. The van der Waals surface area contributed by atoms with Crippen LogP contribution < -0.4 is 0 Å². The molecule has 1 N–H and O–H groups in total. The fraction of sp³-hybridized carbons (Fsp3) is 0. The van der Waals surface area contributed by atoms with Crippen LogP contribution in [0.25, 0.3) is 43.8 Å². The average Bonchev–Trinajstić information content (AvgIpc) is 2.74. The maximum absolute atomic E-state index is 13.4. The average molecular weight is 364 g/mol. The second-order valence-electron chi connectivity index (χ2n) is 6.90. The Morgan fingerprint density at radius 3 is 2.00 bits per heavy atom. The smallest absolute Gasteiger partial charge is 0.131 e. The third-order valence-electron chi connectivity index (χ3n) is 5.24.